The second-order valence-electron chi connectivity index (χ2n) is 4.11. The van der Waals surface area contributed by atoms with Crippen molar-refractivity contribution in [2.45, 2.75) is 6.92 Å². The van der Waals surface area contributed by atoms with Crippen LogP contribution in [0.1, 0.15) is 17.4 Å². The fourth-order valence-electron chi connectivity index (χ4n) is 1.98. The van der Waals surface area contributed by atoms with Crippen LogP contribution in [0.4, 0.5) is 0 Å². The smallest absolute Gasteiger partial charge is 0.360 e. The number of fused-ring (bicyclic) bond motifs is 1. The largest absolute Gasteiger partial charge is 0.486 e. The van der Waals surface area contributed by atoms with Crippen LogP contribution in [0.2, 0.25) is 0 Å². The minimum absolute atomic E-state index is 0.156. The van der Waals surface area contributed by atoms with Crippen LogP contribution >= 0.6 is 0 Å². The third-order valence-electron chi connectivity index (χ3n) is 2.84. The van der Waals surface area contributed by atoms with E-state index in [1.807, 2.05) is 0 Å². The molecule has 0 fully saturated rings. The van der Waals surface area contributed by atoms with Gasteiger partial charge in [0, 0.05) is 5.56 Å². The molecule has 2 aromatic rings. The van der Waals surface area contributed by atoms with Gasteiger partial charge in [-0.05, 0) is 25.1 Å². The number of carbonyl (C=O) groups excluding carboxylic acids is 1. The molecule has 0 spiro atoms. The first kappa shape index (κ1) is 12.5. The Morgan fingerprint density at radius 3 is 2.90 bits per heavy atom. The predicted molar refractivity (Wildman–Crippen MR) is 68.9 cm³/mol. The minimum atomic E-state index is -0.508. The summed E-state index contributed by atoms with van der Waals surface area (Å²) in [5.41, 5.74) is 0.846. The van der Waals surface area contributed by atoms with E-state index in [0.717, 1.165) is 0 Å². The van der Waals surface area contributed by atoms with Gasteiger partial charge in [0.2, 0.25) is 0 Å². The lowest BCUT2D eigenvalue weighted by molar-refractivity contribution is 0.0520. The molecule has 2 heterocycles. The molecule has 0 aliphatic carbocycles. The highest BCUT2D eigenvalue weighted by Crippen LogP contribution is 2.35. The van der Waals surface area contributed by atoms with Crippen LogP contribution in [0, 0.1) is 0 Å². The van der Waals surface area contributed by atoms with Crippen LogP contribution in [-0.4, -0.2) is 30.8 Å². The summed E-state index contributed by atoms with van der Waals surface area (Å²) < 4.78 is 21.2. The Labute approximate surface area is 115 Å². The Balaban J connectivity index is 1.97. The number of hydrogen-bond acceptors (Lipinski definition) is 6. The summed E-state index contributed by atoms with van der Waals surface area (Å²) in [6.45, 7) is 3.05. The van der Waals surface area contributed by atoms with Crippen LogP contribution in [0.15, 0.2) is 29.0 Å². The van der Waals surface area contributed by atoms with E-state index in [-0.39, 0.29) is 12.3 Å². The van der Waals surface area contributed by atoms with Crippen molar-refractivity contribution < 1.29 is 23.4 Å². The first-order valence-electron chi connectivity index (χ1n) is 6.30. The molecule has 20 heavy (non-hydrogen) atoms. The summed E-state index contributed by atoms with van der Waals surface area (Å²) >= 11 is 0. The van der Waals surface area contributed by atoms with Crippen molar-refractivity contribution >= 4 is 5.97 Å². The zero-order chi connectivity index (χ0) is 13.9. The summed E-state index contributed by atoms with van der Waals surface area (Å²) in [5, 5.41) is 0. The Hall–Kier alpha value is -2.50. The van der Waals surface area contributed by atoms with Crippen molar-refractivity contribution in [3.8, 4) is 22.8 Å². The zero-order valence-corrected chi connectivity index (χ0v) is 10.9. The molecule has 104 valence electrons. The first-order valence-corrected chi connectivity index (χ1v) is 6.30. The van der Waals surface area contributed by atoms with Crippen molar-refractivity contribution in [1.82, 2.24) is 4.98 Å². The minimum Gasteiger partial charge on any atom is -0.486 e. The monoisotopic (exact) mass is 275 g/mol. The van der Waals surface area contributed by atoms with Gasteiger partial charge in [0.25, 0.3) is 0 Å². The molecule has 1 aromatic heterocycles. The van der Waals surface area contributed by atoms with Crippen molar-refractivity contribution in [2.24, 2.45) is 0 Å². The van der Waals surface area contributed by atoms with Gasteiger partial charge in [0.1, 0.15) is 13.2 Å². The predicted octanol–water partition coefficient (Wildman–Crippen LogP) is 2.29. The van der Waals surface area contributed by atoms with E-state index in [4.69, 9.17) is 18.6 Å². The zero-order valence-electron chi connectivity index (χ0n) is 10.9. The van der Waals surface area contributed by atoms with Gasteiger partial charge in [0.05, 0.1) is 6.61 Å². The summed E-state index contributed by atoms with van der Waals surface area (Å²) in [7, 11) is 0. The number of carbonyl (C=O) groups is 1. The molecule has 0 amide bonds. The third kappa shape index (κ3) is 2.20. The highest BCUT2D eigenvalue weighted by atomic mass is 16.6. The fraction of sp³-hybridized carbons (Fsp3) is 0.286. The summed E-state index contributed by atoms with van der Waals surface area (Å²) in [6.07, 6.45) is 1.22. The van der Waals surface area contributed by atoms with E-state index in [0.29, 0.717) is 36.0 Å². The van der Waals surface area contributed by atoms with Crippen molar-refractivity contribution in [3.63, 3.8) is 0 Å². The lowest BCUT2D eigenvalue weighted by Gasteiger charge is -2.18. The number of hydrogen-bond donors (Lipinski definition) is 0. The quantitative estimate of drug-likeness (QED) is 0.800. The molecule has 1 aliphatic heterocycles. The number of benzene rings is 1. The van der Waals surface area contributed by atoms with E-state index in [1.54, 1.807) is 25.1 Å². The molecule has 0 atom stereocenters. The average molecular weight is 275 g/mol. The highest BCUT2D eigenvalue weighted by Gasteiger charge is 2.21. The van der Waals surface area contributed by atoms with Gasteiger partial charge in [-0.25, -0.2) is 9.78 Å². The number of esters is 1. The number of ether oxygens (including phenoxy) is 3. The Bertz CT molecular complexity index is 634. The van der Waals surface area contributed by atoms with E-state index in [2.05, 4.69) is 4.98 Å². The van der Waals surface area contributed by atoms with Crippen LogP contribution in [0.3, 0.4) is 0 Å². The molecule has 0 unspecified atom stereocenters. The SMILES string of the molecule is CCOC(=O)c1ncoc1-c1ccc2c(c1)OCCO2. The topological polar surface area (TPSA) is 70.8 Å². The normalized spacial score (nSPS) is 13.1. The Kier molecular flexibility index (Phi) is 3.28. The van der Waals surface area contributed by atoms with Crippen LogP contribution in [-0.2, 0) is 4.74 Å². The fourth-order valence-corrected chi connectivity index (χ4v) is 1.98. The highest BCUT2D eigenvalue weighted by molar-refractivity contribution is 5.93. The van der Waals surface area contributed by atoms with Crippen LogP contribution in [0.25, 0.3) is 11.3 Å². The van der Waals surface area contributed by atoms with Gasteiger partial charge in [-0.15, -0.1) is 0 Å². The third-order valence-corrected chi connectivity index (χ3v) is 2.84. The van der Waals surface area contributed by atoms with Crippen LogP contribution < -0.4 is 9.47 Å². The van der Waals surface area contributed by atoms with Gasteiger partial charge >= 0.3 is 5.97 Å². The molecule has 6 nitrogen and oxygen atoms in total. The average Bonchev–Trinajstić information content (AvgIpc) is 2.96. The number of nitrogens with zero attached hydrogens (tertiary/aromatic N) is 1. The molecule has 0 saturated carbocycles. The molecule has 3 rings (SSSR count). The van der Waals surface area contributed by atoms with Gasteiger partial charge in [-0.2, -0.15) is 0 Å². The summed E-state index contributed by atoms with van der Waals surface area (Å²) in [6, 6.07) is 5.33. The maximum Gasteiger partial charge on any atom is 0.360 e. The standard InChI is InChI=1S/C14H13NO5/c1-2-17-14(16)12-13(20-8-15-12)9-3-4-10-11(7-9)19-6-5-18-10/h3-4,7-8H,2,5-6H2,1H3. The lowest BCUT2D eigenvalue weighted by atomic mass is 10.1. The maximum absolute atomic E-state index is 11.8. The number of rotatable bonds is 3. The molecular weight excluding hydrogens is 262 g/mol. The summed E-state index contributed by atoms with van der Waals surface area (Å²) in [4.78, 5) is 15.7. The van der Waals surface area contributed by atoms with Crippen molar-refractivity contribution in [3.05, 3.63) is 30.3 Å². The molecule has 6 heteroatoms. The molecule has 0 saturated heterocycles. The van der Waals surface area contributed by atoms with E-state index < -0.39 is 5.97 Å². The molecule has 0 N–H and O–H groups in total. The Morgan fingerprint density at radius 2 is 2.10 bits per heavy atom. The Morgan fingerprint density at radius 1 is 1.30 bits per heavy atom. The van der Waals surface area contributed by atoms with Gasteiger partial charge in [-0.3, -0.25) is 0 Å². The maximum atomic E-state index is 11.8. The summed E-state index contributed by atoms with van der Waals surface area (Å²) in [5.74, 6) is 1.16. The number of aromatic nitrogens is 1. The first-order chi connectivity index (χ1) is 9.79. The van der Waals surface area contributed by atoms with Gasteiger partial charge in [-0.1, -0.05) is 0 Å². The molecule has 1 aromatic carbocycles. The molecule has 0 bridgehead atoms. The number of oxazole rings is 1. The van der Waals surface area contributed by atoms with Gasteiger partial charge < -0.3 is 18.6 Å². The van der Waals surface area contributed by atoms with Crippen LogP contribution in [0.5, 0.6) is 11.5 Å². The van der Waals surface area contributed by atoms with Crippen molar-refractivity contribution in [1.29, 1.82) is 0 Å². The van der Waals surface area contributed by atoms with E-state index in [9.17, 15) is 4.79 Å². The van der Waals surface area contributed by atoms with E-state index in [1.165, 1.54) is 6.39 Å². The van der Waals surface area contributed by atoms with E-state index >= 15 is 0 Å². The molecular formula is C14H13NO5. The molecule has 1 aliphatic rings. The van der Waals surface area contributed by atoms with Gasteiger partial charge in [0.15, 0.2) is 29.3 Å². The second kappa shape index (κ2) is 5.24. The second-order valence-corrected chi connectivity index (χ2v) is 4.11. The van der Waals surface area contributed by atoms with Crippen molar-refractivity contribution in [2.75, 3.05) is 19.8 Å². The molecule has 0 radical (unpaired) electrons. The lowest BCUT2D eigenvalue weighted by Crippen LogP contribution is -2.15.